The number of likely N-dealkylation sites (tertiary alicyclic amines) is 1. The fourth-order valence-corrected chi connectivity index (χ4v) is 5.03. The number of carbonyl (C=O) groups excluding carboxylic acids is 2. The Morgan fingerprint density at radius 3 is 2.57 bits per heavy atom. The molecule has 1 saturated heterocycles. The number of nitrogens with one attached hydrogen (secondary N) is 1. The van der Waals surface area contributed by atoms with E-state index in [0.29, 0.717) is 42.6 Å². The van der Waals surface area contributed by atoms with Crippen molar-refractivity contribution in [3.05, 3.63) is 95.9 Å². The summed E-state index contributed by atoms with van der Waals surface area (Å²) < 4.78 is 13.5. The molecular weight excluding hydrogens is 468 g/mol. The first-order valence-corrected chi connectivity index (χ1v) is 12.6. The van der Waals surface area contributed by atoms with Gasteiger partial charge in [0, 0.05) is 43.8 Å². The van der Waals surface area contributed by atoms with Crippen molar-refractivity contribution in [2.75, 3.05) is 19.7 Å². The number of hydrogen-bond acceptors (Lipinski definition) is 5. The molecule has 2 aromatic heterocycles. The summed E-state index contributed by atoms with van der Waals surface area (Å²) in [6, 6.07) is 19.2. The quantitative estimate of drug-likeness (QED) is 0.454. The number of imidazole rings is 1. The fourth-order valence-electron chi connectivity index (χ4n) is 5.03. The van der Waals surface area contributed by atoms with Gasteiger partial charge in [-0.05, 0) is 66.3 Å². The number of hydrogen-bond donors (Lipinski definition) is 1. The number of fused-ring (bicyclic) bond motifs is 2. The van der Waals surface area contributed by atoms with Crippen LogP contribution in [0.5, 0.6) is 11.5 Å². The van der Waals surface area contributed by atoms with Crippen molar-refractivity contribution >= 4 is 17.5 Å². The first-order chi connectivity index (χ1) is 18.1. The number of benzene rings is 2. The monoisotopic (exact) mass is 496 g/mol. The molecule has 8 heteroatoms. The van der Waals surface area contributed by atoms with Crippen molar-refractivity contribution in [3.8, 4) is 11.5 Å². The topological polar surface area (TPSA) is 85.2 Å². The molecule has 2 aliphatic rings. The molecule has 1 N–H and O–H groups in total. The second-order valence-electron chi connectivity index (χ2n) is 9.50. The van der Waals surface area contributed by atoms with Gasteiger partial charge in [0.05, 0.1) is 0 Å². The minimum Gasteiger partial charge on any atom is -0.485 e. The highest BCUT2D eigenvalue weighted by atomic mass is 16.6. The van der Waals surface area contributed by atoms with E-state index in [1.807, 2.05) is 82.4 Å². The van der Waals surface area contributed by atoms with Crippen molar-refractivity contribution in [1.82, 2.24) is 19.6 Å². The van der Waals surface area contributed by atoms with E-state index in [1.165, 1.54) is 5.56 Å². The number of nitrogens with zero attached hydrogens (tertiary/aromatic N) is 3. The number of para-hydroxylation sites is 2. The first kappa shape index (κ1) is 23.1. The molecule has 0 aliphatic carbocycles. The minimum absolute atomic E-state index is 0.0214. The molecule has 8 nitrogen and oxygen atoms in total. The van der Waals surface area contributed by atoms with Crippen LogP contribution in [0.1, 0.15) is 40.2 Å². The molecule has 0 saturated carbocycles. The van der Waals surface area contributed by atoms with Crippen molar-refractivity contribution in [1.29, 1.82) is 0 Å². The van der Waals surface area contributed by atoms with Gasteiger partial charge in [-0.25, -0.2) is 4.98 Å². The van der Waals surface area contributed by atoms with Crippen LogP contribution >= 0.6 is 0 Å². The van der Waals surface area contributed by atoms with E-state index >= 15 is 0 Å². The van der Waals surface area contributed by atoms with Crippen molar-refractivity contribution in [2.45, 2.75) is 31.4 Å². The predicted octanol–water partition coefficient (Wildman–Crippen LogP) is 3.81. The average molecular weight is 497 g/mol. The van der Waals surface area contributed by atoms with Crippen LogP contribution < -0.4 is 14.8 Å². The molecule has 0 radical (unpaired) electrons. The Labute approximate surface area is 214 Å². The van der Waals surface area contributed by atoms with E-state index in [-0.39, 0.29) is 18.4 Å². The summed E-state index contributed by atoms with van der Waals surface area (Å²) >= 11 is 0. The number of pyridine rings is 1. The summed E-state index contributed by atoms with van der Waals surface area (Å²) in [6.07, 6.45) is 6.72. The Morgan fingerprint density at radius 2 is 1.76 bits per heavy atom. The second-order valence-corrected chi connectivity index (χ2v) is 9.50. The van der Waals surface area contributed by atoms with Gasteiger partial charge in [-0.3, -0.25) is 9.59 Å². The van der Waals surface area contributed by atoms with Crippen molar-refractivity contribution < 1.29 is 19.1 Å². The van der Waals surface area contributed by atoms with Gasteiger partial charge in [-0.2, -0.15) is 0 Å². The lowest BCUT2D eigenvalue weighted by atomic mass is 9.88. The SMILES string of the molecule is O=C(NCc1ccn2ccnc2c1)c1ccc(C2CCN(C(=O)C3COc4ccccc4O3)CC2)cc1. The molecule has 1 fully saturated rings. The lowest BCUT2D eigenvalue weighted by molar-refractivity contribution is -0.142. The number of piperidine rings is 1. The molecule has 2 amide bonds. The summed E-state index contributed by atoms with van der Waals surface area (Å²) in [5, 5.41) is 2.98. The highest BCUT2D eigenvalue weighted by Crippen LogP contribution is 2.33. The Hall–Kier alpha value is -4.33. The smallest absolute Gasteiger partial charge is 0.267 e. The molecule has 1 atom stereocenters. The molecule has 6 rings (SSSR count). The van der Waals surface area contributed by atoms with E-state index in [2.05, 4.69) is 10.3 Å². The number of rotatable bonds is 5. The lowest BCUT2D eigenvalue weighted by Crippen LogP contribution is -2.48. The lowest BCUT2D eigenvalue weighted by Gasteiger charge is -2.35. The Bertz CT molecular complexity index is 1420. The van der Waals surface area contributed by atoms with Gasteiger partial charge in [-0.15, -0.1) is 0 Å². The molecule has 1 unspecified atom stereocenters. The van der Waals surface area contributed by atoms with Gasteiger partial charge >= 0.3 is 0 Å². The third-order valence-corrected chi connectivity index (χ3v) is 7.15. The van der Waals surface area contributed by atoms with Gasteiger partial charge < -0.3 is 24.1 Å². The highest BCUT2D eigenvalue weighted by molar-refractivity contribution is 5.94. The van der Waals surface area contributed by atoms with E-state index < -0.39 is 6.10 Å². The molecule has 4 aromatic rings. The Morgan fingerprint density at radius 1 is 0.973 bits per heavy atom. The maximum atomic E-state index is 13.0. The zero-order chi connectivity index (χ0) is 25.2. The summed E-state index contributed by atoms with van der Waals surface area (Å²) in [7, 11) is 0. The average Bonchev–Trinajstić information content (AvgIpc) is 3.43. The molecule has 2 aliphatic heterocycles. The van der Waals surface area contributed by atoms with E-state index in [1.54, 1.807) is 6.20 Å². The van der Waals surface area contributed by atoms with Gasteiger partial charge in [0.2, 0.25) is 6.10 Å². The van der Waals surface area contributed by atoms with Crippen LogP contribution in [0.2, 0.25) is 0 Å². The van der Waals surface area contributed by atoms with E-state index in [9.17, 15) is 9.59 Å². The van der Waals surface area contributed by atoms with Gasteiger partial charge in [0.15, 0.2) is 11.5 Å². The fraction of sp³-hybridized carbons (Fsp3) is 0.276. The third-order valence-electron chi connectivity index (χ3n) is 7.15. The number of amides is 2. The molecular formula is C29H28N4O4. The molecule has 37 heavy (non-hydrogen) atoms. The third kappa shape index (κ3) is 4.87. The van der Waals surface area contributed by atoms with Gasteiger partial charge in [0.1, 0.15) is 12.3 Å². The summed E-state index contributed by atoms with van der Waals surface area (Å²) in [4.78, 5) is 31.8. The molecule has 0 bridgehead atoms. The highest BCUT2D eigenvalue weighted by Gasteiger charge is 2.33. The second kappa shape index (κ2) is 9.97. The van der Waals surface area contributed by atoms with Crippen molar-refractivity contribution in [2.24, 2.45) is 0 Å². The molecule has 4 heterocycles. The van der Waals surface area contributed by atoms with Crippen LogP contribution in [0.3, 0.4) is 0 Å². The van der Waals surface area contributed by atoms with Gasteiger partial charge in [0.25, 0.3) is 11.8 Å². The Balaban J connectivity index is 1.00. The molecule has 188 valence electrons. The largest absolute Gasteiger partial charge is 0.485 e. The summed E-state index contributed by atoms with van der Waals surface area (Å²) in [5.74, 6) is 1.52. The Kier molecular flexibility index (Phi) is 6.22. The van der Waals surface area contributed by atoms with Crippen LogP contribution in [0, 0.1) is 0 Å². The predicted molar refractivity (Wildman–Crippen MR) is 138 cm³/mol. The zero-order valence-electron chi connectivity index (χ0n) is 20.4. The summed E-state index contributed by atoms with van der Waals surface area (Å²) in [6.45, 7) is 2.03. The minimum atomic E-state index is -0.606. The summed E-state index contributed by atoms with van der Waals surface area (Å²) in [5.41, 5.74) is 3.68. The number of aromatic nitrogens is 2. The van der Waals surface area contributed by atoms with Gasteiger partial charge in [-0.1, -0.05) is 24.3 Å². The van der Waals surface area contributed by atoms with E-state index in [0.717, 1.165) is 24.1 Å². The van der Waals surface area contributed by atoms with Crippen LogP contribution in [-0.4, -0.2) is 51.9 Å². The van der Waals surface area contributed by atoms with Crippen LogP contribution in [0.15, 0.2) is 79.3 Å². The maximum Gasteiger partial charge on any atom is 0.267 e. The molecule has 2 aromatic carbocycles. The van der Waals surface area contributed by atoms with Crippen LogP contribution in [0.4, 0.5) is 0 Å². The number of ether oxygens (including phenoxy) is 2. The standard InChI is InChI=1S/C29H28N4O4/c34-28(31-18-20-9-13-32-16-12-30-27(32)17-20)23-7-5-21(6-8-23)22-10-14-33(15-11-22)29(35)26-19-36-24-3-1-2-4-25(24)37-26/h1-9,12-13,16-17,22,26H,10-11,14-15,18-19H2,(H,31,34). The normalized spacial score (nSPS) is 17.5. The van der Waals surface area contributed by atoms with Crippen molar-refractivity contribution in [3.63, 3.8) is 0 Å². The number of carbonyl (C=O) groups is 2. The zero-order valence-corrected chi connectivity index (χ0v) is 20.4. The van der Waals surface area contributed by atoms with Crippen LogP contribution in [0.25, 0.3) is 5.65 Å². The maximum absolute atomic E-state index is 13.0. The first-order valence-electron chi connectivity index (χ1n) is 12.6. The molecule has 0 spiro atoms. The van der Waals surface area contributed by atoms with Crippen LogP contribution in [-0.2, 0) is 11.3 Å². The van der Waals surface area contributed by atoms with E-state index in [4.69, 9.17) is 9.47 Å².